The van der Waals surface area contributed by atoms with Crippen molar-refractivity contribution in [2.45, 2.75) is 329 Å². The van der Waals surface area contributed by atoms with E-state index >= 15 is 0 Å². The molecule has 468 valence electrons. The highest BCUT2D eigenvalue weighted by Gasteiger charge is 2.19. The largest absolute Gasteiger partial charge is 0.462 e. The van der Waals surface area contributed by atoms with Gasteiger partial charge >= 0.3 is 17.9 Å². The SMILES string of the molecule is CC/C=C\C/C=C\C/C=C\C/C=C\C/C=C\C/C=C\C/C=C\C/C=C\CCCCCCCCC(=O)OCC(COC(=O)CCCCCCCCCCCCCC)OC(=O)CCCCCCCCCCC/C=C\C/C=C\CCCCCCC. The maximum absolute atomic E-state index is 12.9. The van der Waals surface area contributed by atoms with E-state index in [1.165, 1.54) is 154 Å². The Balaban J connectivity index is 4.32. The van der Waals surface area contributed by atoms with Crippen LogP contribution in [0.2, 0.25) is 0 Å². The van der Waals surface area contributed by atoms with Crippen LogP contribution < -0.4 is 0 Å². The molecule has 0 heterocycles. The third-order valence-electron chi connectivity index (χ3n) is 14.7. The van der Waals surface area contributed by atoms with Gasteiger partial charge in [-0.05, 0) is 116 Å². The fourth-order valence-electron chi connectivity index (χ4n) is 9.55. The number of carbonyl (C=O) groups excluding carboxylic acids is 3. The molecular weight excluding hydrogens is 1010 g/mol. The number of hydrogen-bond donors (Lipinski definition) is 0. The van der Waals surface area contributed by atoms with E-state index in [0.717, 1.165) is 128 Å². The molecule has 6 heteroatoms. The molecule has 0 bridgehead atoms. The summed E-state index contributed by atoms with van der Waals surface area (Å²) in [5.74, 6) is -0.893. The molecule has 0 fully saturated rings. The summed E-state index contributed by atoms with van der Waals surface area (Å²) in [5.41, 5.74) is 0. The van der Waals surface area contributed by atoms with Crippen molar-refractivity contribution in [3.05, 3.63) is 122 Å². The molecule has 0 N–H and O–H groups in total. The van der Waals surface area contributed by atoms with Gasteiger partial charge in [-0.2, -0.15) is 0 Å². The van der Waals surface area contributed by atoms with Crippen LogP contribution in [0.5, 0.6) is 0 Å². The first-order valence-electron chi connectivity index (χ1n) is 34.5. The van der Waals surface area contributed by atoms with Crippen LogP contribution in [0, 0.1) is 0 Å². The zero-order chi connectivity index (χ0) is 59.2. The Morgan fingerprint density at radius 1 is 0.256 bits per heavy atom. The fourth-order valence-corrected chi connectivity index (χ4v) is 9.55. The number of hydrogen-bond acceptors (Lipinski definition) is 6. The lowest BCUT2D eigenvalue weighted by atomic mass is 10.0. The number of carbonyl (C=O) groups is 3. The van der Waals surface area contributed by atoms with Crippen LogP contribution >= 0.6 is 0 Å². The summed E-state index contributed by atoms with van der Waals surface area (Å²) in [7, 11) is 0. The Hall–Kier alpha value is -4.19. The minimum absolute atomic E-state index is 0.0833. The van der Waals surface area contributed by atoms with Gasteiger partial charge in [0.1, 0.15) is 13.2 Å². The predicted molar refractivity (Wildman–Crippen MR) is 357 cm³/mol. The highest BCUT2D eigenvalue weighted by Crippen LogP contribution is 2.16. The van der Waals surface area contributed by atoms with Crippen LogP contribution in [0.1, 0.15) is 323 Å². The first kappa shape index (κ1) is 77.8. The second-order valence-corrected chi connectivity index (χ2v) is 22.7. The summed E-state index contributed by atoms with van der Waals surface area (Å²) < 4.78 is 16.9. The summed E-state index contributed by atoms with van der Waals surface area (Å²) in [4.78, 5) is 38.4. The molecule has 0 aromatic carbocycles. The lowest BCUT2D eigenvalue weighted by Gasteiger charge is -2.18. The smallest absolute Gasteiger partial charge is 0.306 e. The van der Waals surface area contributed by atoms with Crippen LogP contribution in [-0.2, 0) is 28.6 Å². The third kappa shape index (κ3) is 66.6. The number of rotatable bonds is 62. The normalized spacial score (nSPS) is 12.9. The Kier molecular flexibility index (Phi) is 65.8. The quantitative estimate of drug-likeness (QED) is 0.0261. The fraction of sp³-hybridized carbons (Fsp3) is 0.697. The van der Waals surface area contributed by atoms with E-state index in [2.05, 4.69) is 142 Å². The summed E-state index contributed by atoms with van der Waals surface area (Å²) in [5, 5.41) is 0. The molecule has 6 nitrogen and oxygen atoms in total. The Bertz CT molecular complexity index is 1690. The molecule has 0 saturated heterocycles. The second kappa shape index (κ2) is 69.3. The Labute approximate surface area is 507 Å². The summed E-state index contributed by atoms with van der Waals surface area (Å²) in [6.45, 7) is 6.52. The van der Waals surface area contributed by atoms with E-state index in [0.29, 0.717) is 19.3 Å². The highest BCUT2D eigenvalue weighted by molar-refractivity contribution is 5.71. The van der Waals surface area contributed by atoms with Crippen molar-refractivity contribution < 1.29 is 28.6 Å². The van der Waals surface area contributed by atoms with Crippen LogP contribution in [0.4, 0.5) is 0 Å². The van der Waals surface area contributed by atoms with Crippen molar-refractivity contribution in [2.24, 2.45) is 0 Å². The molecule has 0 aliphatic heterocycles. The average molecular weight is 1140 g/mol. The Morgan fingerprint density at radius 3 is 0.744 bits per heavy atom. The molecule has 0 aromatic rings. The van der Waals surface area contributed by atoms with Crippen LogP contribution in [0.15, 0.2) is 122 Å². The second-order valence-electron chi connectivity index (χ2n) is 22.7. The molecule has 0 aliphatic carbocycles. The van der Waals surface area contributed by atoms with E-state index in [4.69, 9.17) is 14.2 Å². The molecule has 0 radical (unpaired) electrons. The zero-order valence-electron chi connectivity index (χ0n) is 53.7. The van der Waals surface area contributed by atoms with E-state index in [9.17, 15) is 14.4 Å². The lowest BCUT2D eigenvalue weighted by molar-refractivity contribution is -0.167. The molecule has 1 atom stereocenters. The molecule has 0 saturated carbocycles. The molecule has 0 aliphatic rings. The standard InChI is InChI=1S/C76H128O6/c1-4-7-10-13-16-19-22-25-27-29-31-33-34-35-36-37-38-39-40-41-42-44-45-47-49-51-54-57-60-63-66-69-75(78)81-72-73(71-80-74(77)68-65-62-59-56-53-24-21-18-15-12-9-6-3)82-76(79)70-67-64-61-58-55-52-50-48-46-43-32-30-28-26-23-20-17-14-11-8-5-2/h7,10,16,19,23,25-27,30-33,35-36,38-39,41-42,45,47,73H,4-6,8-9,11-15,17-18,20-22,24,28-29,34,37,40,43-44,46,48-72H2,1-3H3/b10-7-,19-16-,26-23-,27-25-,32-30-,33-31-,36-35-,39-38-,42-41-,47-45-. The van der Waals surface area contributed by atoms with Crippen molar-refractivity contribution in [3.8, 4) is 0 Å². The zero-order valence-corrected chi connectivity index (χ0v) is 53.7. The van der Waals surface area contributed by atoms with Gasteiger partial charge in [0, 0.05) is 19.3 Å². The molecule has 82 heavy (non-hydrogen) atoms. The monoisotopic (exact) mass is 1140 g/mol. The first-order valence-corrected chi connectivity index (χ1v) is 34.5. The van der Waals surface area contributed by atoms with Crippen LogP contribution in [0.3, 0.4) is 0 Å². The van der Waals surface area contributed by atoms with Gasteiger partial charge in [-0.25, -0.2) is 0 Å². The van der Waals surface area contributed by atoms with Gasteiger partial charge in [0.05, 0.1) is 0 Å². The highest BCUT2D eigenvalue weighted by atomic mass is 16.6. The maximum atomic E-state index is 12.9. The van der Waals surface area contributed by atoms with E-state index < -0.39 is 6.10 Å². The van der Waals surface area contributed by atoms with Crippen molar-refractivity contribution in [3.63, 3.8) is 0 Å². The Morgan fingerprint density at radius 2 is 0.476 bits per heavy atom. The summed E-state index contributed by atoms with van der Waals surface area (Å²) in [6, 6.07) is 0. The average Bonchev–Trinajstić information content (AvgIpc) is 3.47. The summed E-state index contributed by atoms with van der Waals surface area (Å²) >= 11 is 0. The minimum Gasteiger partial charge on any atom is -0.462 e. The van der Waals surface area contributed by atoms with E-state index in [1.54, 1.807) is 0 Å². The number of esters is 3. The number of unbranched alkanes of at least 4 members (excludes halogenated alkanes) is 31. The third-order valence-corrected chi connectivity index (χ3v) is 14.7. The first-order chi connectivity index (χ1) is 40.5. The van der Waals surface area contributed by atoms with Crippen LogP contribution in [0.25, 0.3) is 0 Å². The predicted octanol–water partition coefficient (Wildman–Crippen LogP) is 23.9. The van der Waals surface area contributed by atoms with E-state index in [-0.39, 0.29) is 31.1 Å². The minimum atomic E-state index is -0.789. The molecule has 0 aromatic heterocycles. The van der Waals surface area contributed by atoms with Gasteiger partial charge in [-0.3, -0.25) is 14.4 Å². The lowest BCUT2D eigenvalue weighted by Crippen LogP contribution is -2.30. The van der Waals surface area contributed by atoms with Gasteiger partial charge in [0.2, 0.25) is 0 Å². The molecule has 0 amide bonds. The van der Waals surface area contributed by atoms with Crippen molar-refractivity contribution in [1.29, 1.82) is 0 Å². The molecule has 0 spiro atoms. The number of ether oxygens (including phenoxy) is 3. The molecular formula is C76H128O6. The summed E-state index contributed by atoms with van der Waals surface area (Å²) in [6.07, 6.45) is 96.4. The van der Waals surface area contributed by atoms with Crippen LogP contribution in [-0.4, -0.2) is 37.2 Å². The molecule has 1 unspecified atom stereocenters. The number of allylic oxidation sites excluding steroid dienone is 20. The maximum Gasteiger partial charge on any atom is 0.306 e. The van der Waals surface area contributed by atoms with Gasteiger partial charge in [-0.1, -0.05) is 309 Å². The molecule has 0 rings (SSSR count). The van der Waals surface area contributed by atoms with E-state index in [1.807, 2.05) is 0 Å². The van der Waals surface area contributed by atoms with Crippen molar-refractivity contribution in [1.82, 2.24) is 0 Å². The van der Waals surface area contributed by atoms with Crippen molar-refractivity contribution >= 4 is 17.9 Å². The van der Waals surface area contributed by atoms with Gasteiger partial charge in [0.25, 0.3) is 0 Å². The van der Waals surface area contributed by atoms with Gasteiger partial charge in [0.15, 0.2) is 6.10 Å². The van der Waals surface area contributed by atoms with Gasteiger partial charge in [-0.15, -0.1) is 0 Å². The topological polar surface area (TPSA) is 78.9 Å². The van der Waals surface area contributed by atoms with Crippen molar-refractivity contribution in [2.75, 3.05) is 13.2 Å². The van der Waals surface area contributed by atoms with Gasteiger partial charge < -0.3 is 14.2 Å².